The largest absolute Gasteiger partial charge is 0.469 e. The average molecular weight is 382 g/mol. The fourth-order valence-electron chi connectivity index (χ4n) is 2.84. The van der Waals surface area contributed by atoms with E-state index in [0.29, 0.717) is 23.7 Å². The number of carbonyl (C=O) groups is 2. The molecule has 0 saturated heterocycles. The molecule has 0 N–H and O–H groups in total. The molecule has 3 rings (SSSR count). The van der Waals surface area contributed by atoms with E-state index in [4.69, 9.17) is 4.74 Å². The molecule has 1 atom stereocenters. The number of amides is 1. The molecule has 0 bridgehead atoms. The van der Waals surface area contributed by atoms with Crippen molar-refractivity contribution in [3.63, 3.8) is 0 Å². The monoisotopic (exact) mass is 382 g/mol. The van der Waals surface area contributed by atoms with E-state index in [1.807, 2.05) is 6.07 Å². The van der Waals surface area contributed by atoms with E-state index in [0.717, 1.165) is 5.56 Å². The highest BCUT2D eigenvalue weighted by atomic mass is 19.1. The Labute approximate surface area is 161 Å². The third kappa shape index (κ3) is 4.28. The molecule has 1 aliphatic heterocycles. The van der Waals surface area contributed by atoms with Crippen molar-refractivity contribution in [2.45, 2.75) is 19.9 Å². The third-order valence-electron chi connectivity index (χ3n) is 4.29. The molecule has 1 aromatic heterocycles. The summed E-state index contributed by atoms with van der Waals surface area (Å²) in [5.41, 5.74) is 2.18. The number of aromatic nitrogens is 1. The lowest BCUT2D eigenvalue weighted by molar-refractivity contribution is -0.139. The summed E-state index contributed by atoms with van der Waals surface area (Å²) in [5.74, 6) is -2.05. The fourth-order valence-corrected chi connectivity index (χ4v) is 2.84. The van der Waals surface area contributed by atoms with Crippen molar-refractivity contribution in [3.05, 3.63) is 60.2 Å². The molecule has 0 aliphatic carbocycles. The first-order valence-electron chi connectivity index (χ1n) is 8.63. The van der Waals surface area contributed by atoms with E-state index < -0.39 is 17.7 Å². The number of benzene rings is 1. The lowest BCUT2D eigenvalue weighted by atomic mass is 9.96. The molecule has 2 aromatic rings. The number of halogens is 1. The lowest BCUT2D eigenvalue weighted by Crippen LogP contribution is -2.33. The topological polar surface area (TPSA) is 84.2 Å². The Bertz CT molecular complexity index is 926. The molecule has 0 spiro atoms. The molecule has 1 amide bonds. The van der Waals surface area contributed by atoms with Gasteiger partial charge in [-0.3, -0.25) is 19.6 Å². The summed E-state index contributed by atoms with van der Waals surface area (Å²) < 4.78 is 17.9. The van der Waals surface area contributed by atoms with Crippen LogP contribution >= 0.6 is 0 Å². The van der Waals surface area contributed by atoms with Gasteiger partial charge in [0.1, 0.15) is 11.7 Å². The smallest absolute Gasteiger partial charge is 0.311 e. The van der Waals surface area contributed by atoms with Gasteiger partial charge in [-0.1, -0.05) is 6.07 Å². The van der Waals surface area contributed by atoms with Gasteiger partial charge >= 0.3 is 5.97 Å². The lowest BCUT2D eigenvalue weighted by Gasteiger charge is -2.14. The molecule has 144 valence electrons. The molecule has 1 aliphatic rings. The van der Waals surface area contributed by atoms with Crippen molar-refractivity contribution >= 4 is 29.0 Å². The minimum absolute atomic E-state index is 0.135. The van der Waals surface area contributed by atoms with Crippen molar-refractivity contribution in [2.75, 3.05) is 12.1 Å². The van der Waals surface area contributed by atoms with Crippen LogP contribution in [0.5, 0.6) is 0 Å². The van der Waals surface area contributed by atoms with E-state index in [1.165, 1.54) is 36.4 Å². The highest BCUT2D eigenvalue weighted by Gasteiger charge is 2.39. The van der Waals surface area contributed by atoms with Crippen molar-refractivity contribution < 1.29 is 18.7 Å². The van der Waals surface area contributed by atoms with Gasteiger partial charge in [-0.05, 0) is 42.8 Å². The normalized spacial score (nSPS) is 16.9. The quantitative estimate of drug-likeness (QED) is 0.568. The Kier molecular flexibility index (Phi) is 5.88. The molecule has 28 heavy (non-hydrogen) atoms. The number of ether oxygens (including phenoxy) is 1. The molecule has 8 heteroatoms. The van der Waals surface area contributed by atoms with Gasteiger partial charge in [0, 0.05) is 18.1 Å². The number of methoxy groups -OCH3 is 1. The number of esters is 1. The number of hydrogen-bond donors (Lipinski definition) is 0. The predicted octanol–water partition coefficient (Wildman–Crippen LogP) is 2.76. The van der Waals surface area contributed by atoms with E-state index in [1.54, 1.807) is 25.4 Å². The minimum Gasteiger partial charge on any atom is -0.469 e. The summed E-state index contributed by atoms with van der Waals surface area (Å²) in [4.78, 5) is 33.3. The van der Waals surface area contributed by atoms with Gasteiger partial charge in [0.15, 0.2) is 0 Å². The maximum atomic E-state index is 13.2. The van der Waals surface area contributed by atoms with E-state index >= 15 is 0 Å². The van der Waals surface area contributed by atoms with Gasteiger partial charge in [-0.15, -0.1) is 0 Å². The van der Waals surface area contributed by atoms with Crippen LogP contribution in [-0.4, -0.2) is 35.4 Å². The molecule has 2 heterocycles. The van der Waals surface area contributed by atoms with Gasteiger partial charge in [-0.2, -0.15) is 10.1 Å². The number of hydrazone groups is 1. The van der Waals surface area contributed by atoms with Crippen LogP contribution in [0.25, 0.3) is 0 Å². The van der Waals surface area contributed by atoms with Crippen LogP contribution in [0, 0.1) is 11.7 Å². The maximum absolute atomic E-state index is 13.2. The van der Waals surface area contributed by atoms with Crippen LogP contribution in [0.1, 0.15) is 18.9 Å². The summed E-state index contributed by atoms with van der Waals surface area (Å²) in [5, 5.41) is 5.47. The summed E-state index contributed by atoms with van der Waals surface area (Å²) in [6.45, 7) is 2.07. The first kappa shape index (κ1) is 19.3. The molecule has 0 radical (unpaired) electrons. The van der Waals surface area contributed by atoms with Crippen LogP contribution in [0.4, 0.5) is 10.1 Å². The van der Waals surface area contributed by atoms with Crippen LogP contribution in [0.3, 0.4) is 0 Å². The second-order valence-corrected chi connectivity index (χ2v) is 6.22. The first-order chi connectivity index (χ1) is 13.5. The van der Waals surface area contributed by atoms with E-state index in [2.05, 4.69) is 15.1 Å². The minimum atomic E-state index is -0.777. The van der Waals surface area contributed by atoms with Gasteiger partial charge < -0.3 is 4.74 Å². The zero-order valence-corrected chi connectivity index (χ0v) is 15.5. The van der Waals surface area contributed by atoms with Crippen LogP contribution in [0.15, 0.2) is 58.9 Å². The Hall–Kier alpha value is -3.42. The molecular formula is C20H19FN4O3. The molecule has 1 aromatic carbocycles. The van der Waals surface area contributed by atoms with Gasteiger partial charge in [0.05, 0.1) is 31.5 Å². The highest BCUT2D eigenvalue weighted by Crippen LogP contribution is 2.26. The number of hydrogen-bond acceptors (Lipinski definition) is 6. The summed E-state index contributed by atoms with van der Waals surface area (Å²) in [7, 11) is 1.27. The predicted molar refractivity (Wildman–Crippen MR) is 102 cm³/mol. The van der Waals surface area contributed by atoms with Gasteiger partial charge in [0.2, 0.25) is 0 Å². The van der Waals surface area contributed by atoms with E-state index in [9.17, 15) is 14.0 Å². The van der Waals surface area contributed by atoms with Crippen LogP contribution < -0.4 is 5.01 Å². The Morgan fingerprint density at radius 3 is 2.68 bits per heavy atom. The number of anilines is 1. The first-order valence-corrected chi connectivity index (χ1v) is 8.63. The molecule has 7 nitrogen and oxygen atoms in total. The second kappa shape index (κ2) is 8.51. The van der Waals surface area contributed by atoms with Crippen molar-refractivity contribution in [1.82, 2.24) is 4.98 Å². The van der Waals surface area contributed by atoms with Gasteiger partial charge in [0.25, 0.3) is 5.91 Å². The second-order valence-electron chi connectivity index (χ2n) is 6.22. The number of rotatable bonds is 6. The third-order valence-corrected chi connectivity index (χ3v) is 4.29. The highest BCUT2D eigenvalue weighted by molar-refractivity contribution is 6.30. The summed E-state index contributed by atoms with van der Waals surface area (Å²) >= 11 is 0. The van der Waals surface area contributed by atoms with Gasteiger partial charge in [-0.25, -0.2) is 4.39 Å². The van der Waals surface area contributed by atoms with Crippen molar-refractivity contribution in [3.8, 4) is 0 Å². The maximum Gasteiger partial charge on any atom is 0.311 e. The Morgan fingerprint density at radius 2 is 2.04 bits per heavy atom. The standard InChI is InChI=1S/C20H19FN4O3/c1-13(23-12-14-4-3-9-22-11-14)19-17(10-18(26)28-2)24-25(20(19)27)16-7-5-15(21)6-8-16/h3-9,11,19H,10,12H2,1-2H3. The molecule has 1 unspecified atom stereocenters. The fraction of sp³-hybridized carbons (Fsp3) is 0.250. The number of pyridine rings is 1. The zero-order valence-electron chi connectivity index (χ0n) is 15.5. The Morgan fingerprint density at radius 1 is 1.29 bits per heavy atom. The average Bonchev–Trinajstić information content (AvgIpc) is 3.03. The summed E-state index contributed by atoms with van der Waals surface area (Å²) in [6, 6.07) is 9.09. The zero-order chi connectivity index (χ0) is 20.1. The number of nitrogens with zero attached hydrogens (tertiary/aromatic N) is 4. The Balaban J connectivity index is 1.88. The number of carbonyl (C=O) groups excluding carboxylic acids is 2. The SMILES string of the molecule is COC(=O)CC1=NN(c2ccc(F)cc2)C(=O)C1C(C)=NCc1cccnc1. The molecule has 0 saturated carbocycles. The van der Waals surface area contributed by atoms with E-state index in [-0.39, 0.29) is 12.3 Å². The summed E-state index contributed by atoms with van der Waals surface area (Å²) in [6.07, 6.45) is 3.23. The molecule has 0 fully saturated rings. The van der Waals surface area contributed by atoms with Crippen LogP contribution in [0.2, 0.25) is 0 Å². The van der Waals surface area contributed by atoms with Crippen molar-refractivity contribution in [2.24, 2.45) is 16.0 Å². The van der Waals surface area contributed by atoms with Crippen LogP contribution in [-0.2, 0) is 20.9 Å². The molecular weight excluding hydrogens is 363 g/mol. The number of aliphatic imine (C=N–C) groups is 1. The van der Waals surface area contributed by atoms with Crippen molar-refractivity contribution in [1.29, 1.82) is 0 Å².